The lowest BCUT2D eigenvalue weighted by atomic mass is 10.0. The summed E-state index contributed by atoms with van der Waals surface area (Å²) in [5, 5.41) is 6.46. The maximum atomic E-state index is 4.69. The SMILES string of the molecule is C=c1ccnc(-c2ccc3ccccc3c2)c(=C)cc2ccccc2c1. The zero-order valence-corrected chi connectivity index (χ0v) is 14.5. The molecule has 0 fully saturated rings. The highest BCUT2D eigenvalue weighted by molar-refractivity contribution is 5.87. The lowest BCUT2D eigenvalue weighted by Gasteiger charge is -2.03. The average Bonchev–Trinajstić information content (AvgIpc) is 2.66. The van der Waals surface area contributed by atoms with Crippen LogP contribution in [-0.2, 0) is 0 Å². The Morgan fingerprint density at radius 2 is 1.19 bits per heavy atom. The highest BCUT2D eigenvalue weighted by Crippen LogP contribution is 2.20. The predicted octanol–water partition coefficient (Wildman–Crippen LogP) is 5.00. The maximum Gasteiger partial charge on any atom is 0.0768 e. The zero-order valence-electron chi connectivity index (χ0n) is 14.5. The van der Waals surface area contributed by atoms with Crippen LogP contribution >= 0.6 is 0 Å². The number of fused-ring (bicyclic) bond motifs is 2. The average molecular weight is 333 g/mol. The van der Waals surface area contributed by atoms with Gasteiger partial charge in [0.05, 0.1) is 5.69 Å². The predicted molar refractivity (Wildman–Crippen MR) is 113 cm³/mol. The first-order chi connectivity index (χ1) is 12.7. The number of hydrogen-bond donors (Lipinski definition) is 0. The molecule has 0 N–H and O–H groups in total. The van der Waals surface area contributed by atoms with E-state index in [9.17, 15) is 0 Å². The molecule has 4 rings (SSSR count). The smallest absolute Gasteiger partial charge is 0.0768 e. The van der Waals surface area contributed by atoms with Gasteiger partial charge < -0.3 is 0 Å². The number of aromatic nitrogens is 1. The zero-order chi connectivity index (χ0) is 17.9. The molecule has 1 nitrogen and oxygen atoms in total. The first-order valence-corrected chi connectivity index (χ1v) is 8.61. The molecule has 0 atom stereocenters. The van der Waals surface area contributed by atoms with E-state index in [4.69, 9.17) is 4.98 Å². The fourth-order valence-corrected chi connectivity index (χ4v) is 3.16. The lowest BCUT2D eigenvalue weighted by molar-refractivity contribution is 1.33. The summed E-state index contributed by atoms with van der Waals surface area (Å²) in [6.45, 7) is 8.38. The van der Waals surface area contributed by atoms with E-state index in [1.165, 1.54) is 10.8 Å². The molecule has 1 heterocycles. The molecule has 124 valence electrons. The molecule has 0 aliphatic carbocycles. The molecule has 1 heteroatoms. The molecular weight excluding hydrogens is 314 g/mol. The third kappa shape index (κ3) is 3.20. The van der Waals surface area contributed by atoms with Crippen molar-refractivity contribution in [3.8, 4) is 11.3 Å². The van der Waals surface area contributed by atoms with Crippen LogP contribution in [0, 0.1) is 0 Å². The topological polar surface area (TPSA) is 12.9 Å². The van der Waals surface area contributed by atoms with Crippen molar-refractivity contribution < 1.29 is 0 Å². The Labute approximate surface area is 152 Å². The Kier molecular flexibility index (Phi) is 4.20. The minimum Gasteiger partial charge on any atom is -0.256 e. The van der Waals surface area contributed by atoms with E-state index in [0.29, 0.717) is 0 Å². The first kappa shape index (κ1) is 16.0. The molecule has 0 bridgehead atoms. The largest absolute Gasteiger partial charge is 0.256 e. The van der Waals surface area contributed by atoms with Gasteiger partial charge in [0.25, 0.3) is 0 Å². The molecule has 0 aliphatic heterocycles. The normalized spacial score (nSPS) is 10.6. The molecule has 0 saturated heterocycles. The van der Waals surface area contributed by atoms with Gasteiger partial charge in [-0.2, -0.15) is 0 Å². The molecule has 4 aromatic rings. The Balaban J connectivity index is 2.06. The molecule has 0 spiro atoms. The fourth-order valence-electron chi connectivity index (χ4n) is 3.16. The molecule has 26 heavy (non-hydrogen) atoms. The van der Waals surface area contributed by atoms with Crippen LogP contribution in [0.4, 0.5) is 0 Å². The molecule has 1 aromatic heterocycles. The summed E-state index contributed by atoms with van der Waals surface area (Å²) >= 11 is 0. The van der Waals surface area contributed by atoms with Crippen molar-refractivity contribution in [2.24, 2.45) is 0 Å². The van der Waals surface area contributed by atoms with Crippen LogP contribution in [0.25, 0.3) is 46.0 Å². The van der Waals surface area contributed by atoms with Gasteiger partial charge >= 0.3 is 0 Å². The van der Waals surface area contributed by atoms with Crippen molar-refractivity contribution in [1.29, 1.82) is 0 Å². The molecule has 0 radical (unpaired) electrons. The number of rotatable bonds is 1. The van der Waals surface area contributed by atoms with Crippen molar-refractivity contribution in [3.63, 3.8) is 0 Å². The Morgan fingerprint density at radius 1 is 0.577 bits per heavy atom. The second-order valence-electron chi connectivity index (χ2n) is 6.37. The summed E-state index contributed by atoms with van der Waals surface area (Å²) in [4.78, 5) is 4.69. The van der Waals surface area contributed by atoms with Crippen LogP contribution in [0.1, 0.15) is 0 Å². The highest BCUT2D eigenvalue weighted by atomic mass is 14.7. The van der Waals surface area contributed by atoms with Gasteiger partial charge in [-0.15, -0.1) is 0 Å². The van der Waals surface area contributed by atoms with Crippen LogP contribution in [0.3, 0.4) is 0 Å². The molecule has 0 amide bonds. The van der Waals surface area contributed by atoms with Gasteiger partial charge in [-0.1, -0.05) is 73.8 Å². The van der Waals surface area contributed by atoms with Crippen LogP contribution in [0.5, 0.6) is 0 Å². The Morgan fingerprint density at radius 3 is 1.92 bits per heavy atom. The maximum absolute atomic E-state index is 4.69. The van der Waals surface area contributed by atoms with Gasteiger partial charge in [-0.05, 0) is 56.2 Å². The van der Waals surface area contributed by atoms with Crippen LogP contribution in [0.15, 0.2) is 91.1 Å². The van der Waals surface area contributed by atoms with E-state index in [1.54, 1.807) is 6.20 Å². The molecule has 0 saturated carbocycles. The number of hydrogen-bond acceptors (Lipinski definition) is 1. The molecule has 3 aromatic carbocycles. The van der Waals surface area contributed by atoms with Gasteiger partial charge in [0.2, 0.25) is 0 Å². The third-order valence-corrected chi connectivity index (χ3v) is 4.49. The number of nitrogens with zero attached hydrogens (tertiary/aromatic N) is 1. The van der Waals surface area contributed by atoms with E-state index in [0.717, 1.165) is 32.5 Å². The van der Waals surface area contributed by atoms with Crippen molar-refractivity contribution in [2.75, 3.05) is 0 Å². The standard InChI is InChI=1S/C25H19N/c1-18-13-14-26-25(19(2)16-22-9-6-5-8-21(22)15-18)24-12-11-20-7-3-4-10-23(20)17-24/h3-17H,1-2H2. The summed E-state index contributed by atoms with van der Waals surface area (Å²) in [6.07, 6.45) is 1.80. The van der Waals surface area contributed by atoms with Gasteiger partial charge in [0, 0.05) is 11.8 Å². The summed E-state index contributed by atoms with van der Waals surface area (Å²) < 4.78 is 0. The van der Waals surface area contributed by atoms with E-state index >= 15 is 0 Å². The summed E-state index contributed by atoms with van der Waals surface area (Å²) in [5.74, 6) is 0. The van der Waals surface area contributed by atoms with Crippen molar-refractivity contribution in [2.45, 2.75) is 0 Å². The molecule has 0 aliphatic rings. The third-order valence-electron chi connectivity index (χ3n) is 4.49. The number of benzene rings is 3. The van der Waals surface area contributed by atoms with Gasteiger partial charge in [0.15, 0.2) is 0 Å². The van der Waals surface area contributed by atoms with Gasteiger partial charge in [0.1, 0.15) is 0 Å². The van der Waals surface area contributed by atoms with Crippen molar-refractivity contribution in [3.05, 3.63) is 102 Å². The summed E-state index contributed by atoms with van der Waals surface area (Å²) in [6, 6.07) is 29.1. The molecule has 0 unspecified atom stereocenters. The highest BCUT2D eigenvalue weighted by Gasteiger charge is 2.01. The van der Waals surface area contributed by atoms with Crippen molar-refractivity contribution >= 4 is 34.7 Å². The monoisotopic (exact) mass is 333 g/mol. The van der Waals surface area contributed by atoms with Gasteiger partial charge in [-0.3, -0.25) is 4.98 Å². The second-order valence-corrected chi connectivity index (χ2v) is 6.37. The summed E-state index contributed by atoms with van der Waals surface area (Å²) in [7, 11) is 0. The van der Waals surface area contributed by atoms with Crippen LogP contribution < -0.4 is 10.4 Å². The second kappa shape index (κ2) is 6.81. The van der Waals surface area contributed by atoms with Crippen molar-refractivity contribution in [1.82, 2.24) is 4.98 Å². The van der Waals surface area contributed by atoms with E-state index in [-0.39, 0.29) is 0 Å². The minimum atomic E-state index is 0.872. The van der Waals surface area contributed by atoms with Crippen LogP contribution in [-0.4, -0.2) is 4.98 Å². The molecular formula is C25H19N. The first-order valence-electron chi connectivity index (χ1n) is 8.61. The van der Waals surface area contributed by atoms with Gasteiger partial charge in [-0.25, -0.2) is 0 Å². The quantitative estimate of drug-likeness (QED) is 0.478. The Bertz CT molecular complexity index is 1270. The lowest BCUT2D eigenvalue weighted by Crippen LogP contribution is -2.03. The minimum absolute atomic E-state index is 0.872. The summed E-state index contributed by atoms with van der Waals surface area (Å²) in [5.41, 5.74) is 1.93. The van der Waals surface area contributed by atoms with Crippen LogP contribution in [0.2, 0.25) is 0 Å². The van der Waals surface area contributed by atoms with E-state index < -0.39 is 0 Å². The fraction of sp³-hybridized carbons (Fsp3) is 0. The van der Waals surface area contributed by atoms with E-state index in [1.807, 2.05) is 18.2 Å². The Hall–Kier alpha value is -3.45. The van der Waals surface area contributed by atoms with E-state index in [2.05, 4.69) is 79.9 Å².